The highest BCUT2D eigenvalue weighted by atomic mass is 19.1. The van der Waals surface area contributed by atoms with Gasteiger partial charge in [-0.3, -0.25) is 9.59 Å². The predicted octanol–water partition coefficient (Wildman–Crippen LogP) is 3.13. The van der Waals surface area contributed by atoms with Gasteiger partial charge in [0.15, 0.2) is 0 Å². The molecule has 2 aliphatic heterocycles. The van der Waals surface area contributed by atoms with Crippen LogP contribution in [-0.2, 0) is 16.1 Å². The molecule has 2 saturated heterocycles. The number of nitrogens with zero attached hydrogens (tertiary/aromatic N) is 2. The smallest absolute Gasteiger partial charge is 0.225 e. The first-order valence-corrected chi connectivity index (χ1v) is 10.6. The number of amides is 2. The van der Waals surface area contributed by atoms with Gasteiger partial charge >= 0.3 is 0 Å². The summed E-state index contributed by atoms with van der Waals surface area (Å²) in [7, 11) is 0. The molecule has 1 N–H and O–H groups in total. The van der Waals surface area contributed by atoms with Gasteiger partial charge in [0.1, 0.15) is 5.82 Å². The van der Waals surface area contributed by atoms with Crippen molar-refractivity contribution in [2.75, 3.05) is 31.1 Å². The van der Waals surface area contributed by atoms with Crippen molar-refractivity contribution in [3.05, 3.63) is 65.5 Å². The van der Waals surface area contributed by atoms with Crippen LogP contribution in [0.5, 0.6) is 0 Å². The summed E-state index contributed by atoms with van der Waals surface area (Å²) >= 11 is 0. The van der Waals surface area contributed by atoms with E-state index in [0.29, 0.717) is 25.6 Å². The fraction of sp³-hybridized carbons (Fsp3) is 0.417. The highest BCUT2D eigenvalue weighted by Gasteiger charge is 2.34. The maximum atomic E-state index is 13.1. The van der Waals surface area contributed by atoms with E-state index in [4.69, 9.17) is 0 Å². The maximum Gasteiger partial charge on any atom is 0.225 e. The molecule has 2 aliphatic rings. The molecule has 2 aromatic carbocycles. The molecule has 0 saturated carbocycles. The summed E-state index contributed by atoms with van der Waals surface area (Å²) < 4.78 is 13.1. The predicted molar refractivity (Wildman–Crippen MR) is 114 cm³/mol. The number of anilines is 1. The highest BCUT2D eigenvalue weighted by Crippen LogP contribution is 2.24. The number of carbonyl (C=O) groups is 2. The second kappa shape index (κ2) is 8.86. The van der Waals surface area contributed by atoms with Gasteiger partial charge in [0.2, 0.25) is 11.8 Å². The average Bonchev–Trinajstić information content (AvgIpc) is 3.36. The summed E-state index contributed by atoms with van der Waals surface area (Å²) in [6, 6.07) is 14.7. The SMILES string of the molecule is Cc1ccc(CN2CC(C(=O)NCC3CCN(c4ccc(F)cc4)C3)CC2=O)cc1. The Hall–Kier alpha value is -2.89. The number of rotatable bonds is 6. The molecule has 5 nitrogen and oxygen atoms in total. The third-order valence-corrected chi connectivity index (χ3v) is 6.12. The van der Waals surface area contributed by atoms with Crippen molar-refractivity contribution in [3.63, 3.8) is 0 Å². The summed E-state index contributed by atoms with van der Waals surface area (Å²) in [5, 5.41) is 3.06. The van der Waals surface area contributed by atoms with Crippen molar-refractivity contribution in [2.45, 2.75) is 26.3 Å². The van der Waals surface area contributed by atoms with Crippen molar-refractivity contribution < 1.29 is 14.0 Å². The van der Waals surface area contributed by atoms with E-state index in [0.717, 1.165) is 30.8 Å². The van der Waals surface area contributed by atoms with Gasteiger partial charge in [-0.15, -0.1) is 0 Å². The average molecular weight is 410 g/mol. The molecule has 30 heavy (non-hydrogen) atoms. The zero-order valence-electron chi connectivity index (χ0n) is 17.3. The summed E-state index contributed by atoms with van der Waals surface area (Å²) in [5.74, 6) is -0.143. The monoisotopic (exact) mass is 409 g/mol. The molecule has 2 amide bonds. The molecule has 0 spiro atoms. The number of carbonyl (C=O) groups excluding carboxylic acids is 2. The van der Waals surface area contributed by atoms with E-state index in [9.17, 15) is 14.0 Å². The van der Waals surface area contributed by atoms with Gasteiger partial charge in [-0.05, 0) is 49.1 Å². The summed E-state index contributed by atoms with van der Waals surface area (Å²) in [6.07, 6.45) is 1.27. The zero-order valence-corrected chi connectivity index (χ0v) is 17.3. The van der Waals surface area contributed by atoms with Gasteiger partial charge < -0.3 is 15.1 Å². The highest BCUT2D eigenvalue weighted by molar-refractivity contribution is 5.89. The van der Waals surface area contributed by atoms with Gasteiger partial charge in [-0.1, -0.05) is 29.8 Å². The van der Waals surface area contributed by atoms with Crippen LogP contribution in [0.3, 0.4) is 0 Å². The van der Waals surface area contributed by atoms with E-state index >= 15 is 0 Å². The Morgan fingerprint density at radius 1 is 1.10 bits per heavy atom. The fourth-order valence-corrected chi connectivity index (χ4v) is 4.29. The van der Waals surface area contributed by atoms with Crippen LogP contribution in [-0.4, -0.2) is 42.9 Å². The number of hydrogen-bond acceptors (Lipinski definition) is 3. The third-order valence-electron chi connectivity index (χ3n) is 6.12. The van der Waals surface area contributed by atoms with Crippen LogP contribution in [0.25, 0.3) is 0 Å². The van der Waals surface area contributed by atoms with Crippen molar-refractivity contribution in [2.24, 2.45) is 11.8 Å². The molecule has 2 fully saturated rings. The van der Waals surface area contributed by atoms with E-state index in [2.05, 4.69) is 10.2 Å². The molecule has 2 atom stereocenters. The van der Waals surface area contributed by atoms with Crippen molar-refractivity contribution in [1.29, 1.82) is 0 Å². The Labute approximate surface area is 176 Å². The number of benzene rings is 2. The lowest BCUT2D eigenvalue weighted by Crippen LogP contribution is -2.36. The van der Waals surface area contributed by atoms with E-state index in [1.54, 1.807) is 17.0 Å². The van der Waals surface area contributed by atoms with Crippen LogP contribution in [0.15, 0.2) is 48.5 Å². The minimum absolute atomic E-state index is 0.0324. The van der Waals surface area contributed by atoms with Crippen LogP contribution >= 0.6 is 0 Å². The number of nitrogens with one attached hydrogen (secondary N) is 1. The van der Waals surface area contributed by atoms with Crippen LogP contribution in [0.1, 0.15) is 24.0 Å². The van der Waals surface area contributed by atoms with Crippen LogP contribution < -0.4 is 10.2 Å². The Balaban J connectivity index is 1.24. The van der Waals surface area contributed by atoms with Crippen molar-refractivity contribution in [3.8, 4) is 0 Å². The zero-order chi connectivity index (χ0) is 21.1. The molecule has 2 heterocycles. The molecule has 158 valence electrons. The molecule has 6 heteroatoms. The van der Waals surface area contributed by atoms with Gasteiger partial charge in [0.25, 0.3) is 0 Å². The van der Waals surface area contributed by atoms with E-state index in [1.807, 2.05) is 31.2 Å². The van der Waals surface area contributed by atoms with Gasteiger partial charge in [-0.25, -0.2) is 4.39 Å². The molecule has 0 aromatic heterocycles. The van der Waals surface area contributed by atoms with E-state index in [-0.39, 0.29) is 30.0 Å². The lowest BCUT2D eigenvalue weighted by Gasteiger charge is -2.19. The quantitative estimate of drug-likeness (QED) is 0.798. The summed E-state index contributed by atoms with van der Waals surface area (Å²) in [4.78, 5) is 29.0. The second-order valence-corrected chi connectivity index (χ2v) is 8.48. The lowest BCUT2D eigenvalue weighted by molar-refractivity contribution is -0.129. The molecule has 0 bridgehead atoms. The topological polar surface area (TPSA) is 52.7 Å². The summed E-state index contributed by atoms with van der Waals surface area (Å²) in [5.41, 5.74) is 3.29. The third kappa shape index (κ3) is 4.81. The minimum atomic E-state index is -0.280. The molecule has 0 aliphatic carbocycles. The first kappa shape index (κ1) is 20.4. The molecule has 0 radical (unpaired) electrons. The fourth-order valence-electron chi connectivity index (χ4n) is 4.29. The number of aryl methyl sites for hydroxylation is 1. The number of hydrogen-bond donors (Lipinski definition) is 1. The van der Waals surface area contributed by atoms with Crippen LogP contribution in [0.4, 0.5) is 10.1 Å². The van der Waals surface area contributed by atoms with Gasteiger partial charge in [0.05, 0.1) is 5.92 Å². The number of likely N-dealkylation sites (tertiary alicyclic amines) is 1. The minimum Gasteiger partial charge on any atom is -0.371 e. The standard InChI is InChI=1S/C24H28FN3O2/c1-17-2-4-18(5-3-17)14-28-16-20(12-23(28)29)24(30)26-13-19-10-11-27(15-19)22-8-6-21(25)7-9-22/h2-9,19-20H,10-16H2,1H3,(H,26,30). The first-order valence-electron chi connectivity index (χ1n) is 10.6. The largest absolute Gasteiger partial charge is 0.371 e. The normalized spacial score (nSPS) is 21.3. The Morgan fingerprint density at radius 2 is 1.83 bits per heavy atom. The number of halogens is 1. The van der Waals surface area contributed by atoms with E-state index < -0.39 is 0 Å². The van der Waals surface area contributed by atoms with E-state index in [1.165, 1.54) is 17.7 Å². The lowest BCUT2D eigenvalue weighted by atomic mass is 10.1. The Morgan fingerprint density at radius 3 is 2.57 bits per heavy atom. The van der Waals surface area contributed by atoms with Crippen molar-refractivity contribution >= 4 is 17.5 Å². The van der Waals surface area contributed by atoms with Gasteiger partial charge in [0, 0.05) is 44.8 Å². The molecule has 2 unspecified atom stereocenters. The molecule has 2 aromatic rings. The first-order chi connectivity index (χ1) is 14.5. The van der Waals surface area contributed by atoms with Gasteiger partial charge in [-0.2, -0.15) is 0 Å². The maximum absolute atomic E-state index is 13.1. The Bertz CT molecular complexity index is 898. The molecular formula is C24H28FN3O2. The second-order valence-electron chi connectivity index (χ2n) is 8.48. The molecular weight excluding hydrogens is 381 g/mol. The van der Waals surface area contributed by atoms with Crippen molar-refractivity contribution in [1.82, 2.24) is 10.2 Å². The summed E-state index contributed by atoms with van der Waals surface area (Å²) in [6.45, 7) is 5.42. The van der Waals surface area contributed by atoms with Crippen LogP contribution in [0, 0.1) is 24.6 Å². The molecule has 4 rings (SSSR count). The van der Waals surface area contributed by atoms with Crippen LogP contribution in [0.2, 0.25) is 0 Å². The Kier molecular flexibility index (Phi) is 6.02.